The number of hydrogen-bond donors (Lipinski definition) is 1. The molecule has 2 fully saturated rings. The fourth-order valence-corrected chi connectivity index (χ4v) is 5.59. The number of halogens is 4. The average Bonchev–Trinajstić information content (AvgIpc) is 3.60. The van der Waals surface area contributed by atoms with Crippen LogP contribution in [0, 0.1) is 17.1 Å². The van der Waals surface area contributed by atoms with Crippen LogP contribution in [0.2, 0.25) is 0 Å². The van der Waals surface area contributed by atoms with Gasteiger partial charge in [0.25, 0.3) is 0 Å². The van der Waals surface area contributed by atoms with Gasteiger partial charge in [-0.15, -0.1) is 0 Å². The summed E-state index contributed by atoms with van der Waals surface area (Å²) in [7, 11) is 0. The van der Waals surface area contributed by atoms with Gasteiger partial charge >= 0.3 is 12.3 Å². The first-order valence-electron chi connectivity index (χ1n) is 13.9. The van der Waals surface area contributed by atoms with E-state index in [0.717, 1.165) is 12.1 Å². The Hall–Kier alpha value is -4.41. The number of amides is 1. The van der Waals surface area contributed by atoms with E-state index >= 15 is 0 Å². The van der Waals surface area contributed by atoms with Crippen LogP contribution in [-0.2, 0) is 10.9 Å². The lowest BCUT2D eigenvalue weighted by molar-refractivity contribution is -0.139. The Morgan fingerprint density at radius 2 is 1.84 bits per heavy atom. The summed E-state index contributed by atoms with van der Waals surface area (Å²) in [6.07, 6.45) is -0.456. The predicted octanol–water partition coefficient (Wildman–Crippen LogP) is 5.52. The van der Waals surface area contributed by atoms with E-state index in [4.69, 9.17) is 15.5 Å². The van der Waals surface area contributed by atoms with Gasteiger partial charge in [0.1, 0.15) is 41.0 Å². The first-order chi connectivity index (χ1) is 20.2. The highest BCUT2D eigenvalue weighted by molar-refractivity contribution is 5.68. The minimum absolute atomic E-state index is 0.0761. The predicted molar refractivity (Wildman–Crippen MR) is 149 cm³/mol. The summed E-state index contributed by atoms with van der Waals surface area (Å²) in [5.74, 6) is -0.205. The summed E-state index contributed by atoms with van der Waals surface area (Å²) < 4.78 is 62.0. The maximum absolute atomic E-state index is 14.1. The van der Waals surface area contributed by atoms with Crippen molar-refractivity contribution in [2.24, 2.45) is 0 Å². The van der Waals surface area contributed by atoms with Gasteiger partial charge in [0.15, 0.2) is 5.82 Å². The fourth-order valence-electron chi connectivity index (χ4n) is 5.59. The number of nitrogens with two attached hydrogens (primary N) is 1. The number of alkyl halides is 3. The van der Waals surface area contributed by atoms with Gasteiger partial charge < -0.3 is 24.8 Å². The highest BCUT2D eigenvalue weighted by Crippen LogP contribution is 2.38. The standard InChI is InChI=1S/C29H32F4N8O2/c1-28(2,3)43-27(42)40-11-8-19(14-40)41-15-23(18-4-5-22(30)21(12-18)29(31,32)33)38-25(41)17-6-9-39(10-7-17)26-20(13-34)24(35)36-16-37-26/h4-5,12,15-17,19H,6-11,14H2,1-3H3,(H2,35,36,37). The maximum Gasteiger partial charge on any atom is 0.419 e. The molecule has 2 N–H and O–H groups in total. The van der Waals surface area contributed by atoms with Gasteiger partial charge in [-0.1, -0.05) is 0 Å². The highest BCUT2D eigenvalue weighted by Gasteiger charge is 2.36. The van der Waals surface area contributed by atoms with E-state index in [0.29, 0.717) is 57.1 Å². The molecule has 2 aliphatic heterocycles. The number of nitriles is 1. The number of ether oxygens (including phenoxy) is 1. The minimum Gasteiger partial charge on any atom is -0.444 e. The second kappa shape index (κ2) is 11.3. The van der Waals surface area contributed by atoms with Crippen molar-refractivity contribution in [2.45, 2.75) is 63.8 Å². The number of carbonyl (C=O) groups excluding carboxylic acids is 1. The zero-order valence-corrected chi connectivity index (χ0v) is 24.0. The Balaban J connectivity index is 1.45. The molecule has 0 bridgehead atoms. The summed E-state index contributed by atoms with van der Waals surface area (Å²) in [5, 5.41) is 9.56. The number of benzene rings is 1. The average molecular weight is 601 g/mol. The Kier molecular flexibility index (Phi) is 7.93. The molecule has 2 aromatic heterocycles. The molecule has 1 amide bonds. The van der Waals surface area contributed by atoms with Crippen LogP contribution in [0.25, 0.3) is 11.3 Å². The Labute approximate surface area is 246 Å². The molecule has 1 aromatic carbocycles. The zero-order chi connectivity index (χ0) is 31.1. The molecule has 0 radical (unpaired) electrons. The van der Waals surface area contributed by atoms with Crippen LogP contribution in [0.1, 0.15) is 68.9 Å². The highest BCUT2D eigenvalue weighted by atomic mass is 19.4. The second-order valence-electron chi connectivity index (χ2n) is 11.8. The number of likely N-dealkylation sites (tertiary alicyclic amines) is 1. The van der Waals surface area contributed by atoms with Crippen molar-refractivity contribution in [3.05, 3.63) is 53.5 Å². The van der Waals surface area contributed by atoms with Gasteiger partial charge in [0, 0.05) is 43.9 Å². The van der Waals surface area contributed by atoms with E-state index in [-0.39, 0.29) is 34.6 Å². The van der Waals surface area contributed by atoms with E-state index in [1.54, 1.807) is 31.9 Å². The number of carbonyl (C=O) groups is 1. The molecule has 14 heteroatoms. The van der Waals surface area contributed by atoms with Crippen LogP contribution in [0.5, 0.6) is 0 Å². The van der Waals surface area contributed by atoms with Crippen molar-refractivity contribution in [3.8, 4) is 17.3 Å². The third kappa shape index (κ3) is 6.35. The van der Waals surface area contributed by atoms with Crippen LogP contribution < -0.4 is 10.6 Å². The molecule has 1 atom stereocenters. The largest absolute Gasteiger partial charge is 0.444 e. The number of rotatable bonds is 4. The van der Waals surface area contributed by atoms with E-state index in [9.17, 15) is 27.6 Å². The zero-order valence-electron chi connectivity index (χ0n) is 24.0. The molecule has 43 heavy (non-hydrogen) atoms. The molecule has 1 unspecified atom stereocenters. The van der Waals surface area contributed by atoms with Crippen LogP contribution in [0.3, 0.4) is 0 Å². The van der Waals surface area contributed by atoms with Crippen molar-refractivity contribution >= 4 is 17.7 Å². The number of aromatic nitrogens is 4. The van der Waals surface area contributed by atoms with Crippen LogP contribution in [0.4, 0.5) is 34.0 Å². The second-order valence-corrected chi connectivity index (χ2v) is 11.8. The molecule has 228 valence electrons. The molecule has 2 aliphatic rings. The lowest BCUT2D eigenvalue weighted by atomic mass is 9.95. The molecule has 5 rings (SSSR count). The quantitative estimate of drug-likeness (QED) is 0.388. The van der Waals surface area contributed by atoms with Crippen LogP contribution >= 0.6 is 0 Å². The lowest BCUT2D eigenvalue weighted by Crippen LogP contribution is -2.36. The Morgan fingerprint density at radius 3 is 2.49 bits per heavy atom. The summed E-state index contributed by atoms with van der Waals surface area (Å²) in [4.78, 5) is 29.3. The van der Waals surface area contributed by atoms with E-state index < -0.39 is 29.3 Å². The van der Waals surface area contributed by atoms with Gasteiger partial charge in [-0.3, -0.25) is 0 Å². The van der Waals surface area contributed by atoms with E-state index in [1.165, 1.54) is 12.4 Å². The van der Waals surface area contributed by atoms with Crippen LogP contribution in [0.15, 0.2) is 30.7 Å². The van der Waals surface area contributed by atoms with Gasteiger partial charge in [0.05, 0.1) is 17.3 Å². The molecule has 4 heterocycles. The number of hydrogen-bond acceptors (Lipinski definition) is 8. The van der Waals surface area contributed by atoms with Crippen molar-refractivity contribution in [1.82, 2.24) is 24.4 Å². The molecule has 3 aromatic rings. The summed E-state index contributed by atoms with van der Waals surface area (Å²) in [5.41, 5.74) is 4.49. The Morgan fingerprint density at radius 1 is 1.12 bits per heavy atom. The van der Waals surface area contributed by atoms with Gasteiger partial charge in [-0.05, 0) is 58.2 Å². The normalized spacial score (nSPS) is 18.1. The minimum atomic E-state index is -4.86. The van der Waals surface area contributed by atoms with Crippen molar-refractivity contribution < 1.29 is 27.1 Å². The summed E-state index contributed by atoms with van der Waals surface area (Å²) in [6, 6.07) is 4.74. The molecular formula is C29H32F4N8O2. The molecule has 0 spiro atoms. The van der Waals surface area contributed by atoms with E-state index in [1.807, 2.05) is 9.47 Å². The maximum atomic E-state index is 14.1. The third-order valence-corrected chi connectivity index (χ3v) is 7.66. The number of nitrogen functional groups attached to an aromatic ring is 1. The Bertz CT molecular complexity index is 1550. The molecule has 2 saturated heterocycles. The van der Waals surface area contributed by atoms with E-state index in [2.05, 4.69) is 16.0 Å². The van der Waals surface area contributed by atoms with Gasteiger partial charge in [-0.25, -0.2) is 24.1 Å². The summed E-state index contributed by atoms with van der Waals surface area (Å²) in [6.45, 7) is 7.23. The number of piperidine rings is 1. The van der Waals surface area contributed by atoms with Crippen molar-refractivity contribution in [3.63, 3.8) is 0 Å². The van der Waals surface area contributed by atoms with Gasteiger partial charge in [-0.2, -0.15) is 18.4 Å². The molecule has 0 aliphatic carbocycles. The first-order valence-corrected chi connectivity index (χ1v) is 13.9. The first kappa shape index (κ1) is 30.1. The molecule has 0 saturated carbocycles. The van der Waals surface area contributed by atoms with Crippen LogP contribution in [-0.4, -0.2) is 62.3 Å². The topological polar surface area (TPSA) is 126 Å². The SMILES string of the molecule is CC(C)(C)OC(=O)N1CCC(n2cc(-c3ccc(F)c(C(F)(F)F)c3)nc2C2CCN(c3ncnc(N)c3C#N)CC2)C1. The monoisotopic (exact) mass is 600 g/mol. The van der Waals surface area contributed by atoms with Crippen molar-refractivity contribution in [2.75, 3.05) is 36.8 Å². The lowest BCUT2D eigenvalue weighted by Gasteiger charge is -2.33. The number of anilines is 2. The number of nitrogens with zero attached hydrogens (tertiary/aromatic N) is 7. The van der Waals surface area contributed by atoms with Crippen molar-refractivity contribution in [1.29, 1.82) is 5.26 Å². The summed E-state index contributed by atoms with van der Waals surface area (Å²) >= 11 is 0. The smallest absolute Gasteiger partial charge is 0.419 e. The fraction of sp³-hybridized carbons (Fsp3) is 0.483. The number of imidazole rings is 1. The third-order valence-electron chi connectivity index (χ3n) is 7.66. The molecule has 10 nitrogen and oxygen atoms in total. The van der Waals surface area contributed by atoms with Gasteiger partial charge in [0.2, 0.25) is 0 Å². The molecular weight excluding hydrogens is 568 g/mol.